The van der Waals surface area contributed by atoms with E-state index < -0.39 is 0 Å². The highest BCUT2D eigenvalue weighted by molar-refractivity contribution is 6.30. The number of amides is 2. The molecule has 1 saturated heterocycles. The number of hydrogen-bond donors (Lipinski definition) is 2. The van der Waals surface area contributed by atoms with Crippen molar-refractivity contribution in [1.82, 2.24) is 10.2 Å². The van der Waals surface area contributed by atoms with E-state index in [1.807, 2.05) is 30.3 Å². The molecule has 182 valence electrons. The molecule has 1 atom stereocenters. The van der Waals surface area contributed by atoms with Gasteiger partial charge in [-0.25, -0.2) is 9.18 Å². The van der Waals surface area contributed by atoms with E-state index in [-0.39, 0.29) is 24.7 Å². The molecule has 9 heteroatoms. The zero-order valence-electron chi connectivity index (χ0n) is 19.0. The summed E-state index contributed by atoms with van der Waals surface area (Å²) in [5.41, 5.74) is 2.25. The quantitative estimate of drug-likeness (QED) is 0.508. The minimum absolute atomic E-state index is 0.0996. The molecule has 3 aromatic rings. The zero-order valence-corrected chi connectivity index (χ0v) is 19.8. The maximum atomic E-state index is 14.3. The van der Waals surface area contributed by atoms with Gasteiger partial charge in [-0.2, -0.15) is 0 Å². The molecule has 0 bridgehead atoms. The van der Waals surface area contributed by atoms with E-state index in [0.29, 0.717) is 60.6 Å². The number of carbonyl (C=O) groups is 1. The van der Waals surface area contributed by atoms with Gasteiger partial charge in [0.25, 0.3) is 0 Å². The van der Waals surface area contributed by atoms with E-state index in [0.717, 1.165) is 5.56 Å². The normalized spacial score (nSPS) is 16.1. The lowest BCUT2D eigenvalue weighted by atomic mass is 10.0. The summed E-state index contributed by atoms with van der Waals surface area (Å²) < 4.78 is 25.3. The van der Waals surface area contributed by atoms with Crippen LogP contribution in [0, 0.1) is 5.82 Å². The first-order valence-electron chi connectivity index (χ1n) is 11.5. The van der Waals surface area contributed by atoms with Gasteiger partial charge in [-0.15, -0.1) is 0 Å². The van der Waals surface area contributed by atoms with E-state index in [4.69, 9.17) is 21.1 Å². The SMILES string of the molecule is O=C(NC[C@H](c1ccc2c(c1)OCO2)N1CCN(c2ccccc2F)CC1)Nc1cccc(Cl)c1. The molecule has 35 heavy (non-hydrogen) atoms. The first-order chi connectivity index (χ1) is 17.1. The second-order valence-corrected chi connectivity index (χ2v) is 8.88. The maximum Gasteiger partial charge on any atom is 0.319 e. The number of nitrogens with one attached hydrogen (secondary N) is 2. The van der Waals surface area contributed by atoms with Gasteiger partial charge in [0.2, 0.25) is 6.79 Å². The van der Waals surface area contributed by atoms with Crippen LogP contribution < -0.4 is 25.0 Å². The average molecular weight is 497 g/mol. The number of hydrogen-bond acceptors (Lipinski definition) is 5. The van der Waals surface area contributed by atoms with Crippen molar-refractivity contribution < 1.29 is 18.7 Å². The minimum atomic E-state index is -0.317. The van der Waals surface area contributed by atoms with Crippen molar-refractivity contribution in [1.29, 1.82) is 0 Å². The summed E-state index contributed by atoms with van der Waals surface area (Å²) in [6.45, 7) is 3.36. The molecule has 3 aromatic carbocycles. The molecule has 0 spiro atoms. The Bertz CT molecular complexity index is 1200. The lowest BCUT2D eigenvalue weighted by molar-refractivity contribution is 0.173. The molecule has 0 aromatic heterocycles. The fraction of sp³-hybridized carbons (Fsp3) is 0.269. The van der Waals surface area contributed by atoms with Crippen LogP contribution in [-0.4, -0.2) is 50.4 Å². The van der Waals surface area contributed by atoms with E-state index in [1.165, 1.54) is 6.07 Å². The monoisotopic (exact) mass is 496 g/mol. The van der Waals surface area contributed by atoms with Gasteiger partial charge < -0.3 is 25.0 Å². The third kappa shape index (κ3) is 5.44. The van der Waals surface area contributed by atoms with Crippen LogP contribution in [0.1, 0.15) is 11.6 Å². The number of carbonyl (C=O) groups excluding carboxylic acids is 1. The Kier molecular flexibility index (Phi) is 6.92. The van der Waals surface area contributed by atoms with E-state index in [9.17, 15) is 9.18 Å². The van der Waals surface area contributed by atoms with Crippen molar-refractivity contribution in [3.63, 3.8) is 0 Å². The van der Waals surface area contributed by atoms with Crippen LogP contribution in [0.5, 0.6) is 11.5 Å². The molecule has 2 aliphatic heterocycles. The van der Waals surface area contributed by atoms with Crippen molar-refractivity contribution in [2.24, 2.45) is 0 Å². The van der Waals surface area contributed by atoms with Gasteiger partial charge in [0.05, 0.1) is 11.7 Å². The fourth-order valence-corrected chi connectivity index (χ4v) is 4.68. The van der Waals surface area contributed by atoms with Crippen molar-refractivity contribution >= 4 is 29.0 Å². The highest BCUT2D eigenvalue weighted by Gasteiger charge is 2.28. The van der Waals surface area contributed by atoms with Crippen LogP contribution in [0.25, 0.3) is 0 Å². The number of piperazine rings is 1. The Balaban J connectivity index is 1.29. The summed E-state index contributed by atoms with van der Waals surface area (Å²) >= 11 is 6.02. The van der Waals surface area contributed by atoms with Crippen molar-refractivity contribution in [3.05, 3.63) is 83.1 Å². The molecule has 2 amide bonds. The van der Waals surface area contributed by atoms with Crippen LogP contribution in [0.4, 0.5) is 20.6 Å². The third-order valence-electron chi connectivity index (χ3n) is 6.27. The molecular formula is C26H26ClFN4O3. The van der Waals surface area contributed by atoms with Gasteiger partial charge in [0.15, 0.2) is 11.5 Å². The Morgan fingerprint density at radius 2 is 1.77 bits per heavy atom. The van der Waals surface area contributed by atoms with Crippen LogP contribution in [0.15, 0.2) is 66.7 Å². The number of ether oxygens (including phenoxy) is 2. The molecule has 2 N–H and O–H groups in total. The molecular weight excluding hydrogens is 471 g/mol. The Labute approximate surface area is 208 Å². The summed E-state index contributed by atoms with van der Waals surface area (Å²) in [6.07, 6.45) is 0. The number of urea groups is 1. The standard InChI is InChI=1S/C26H26ClFN4O3/c27-19-4-3-5-20(15-19)30-26(33)29-16-23(18-8-9-24-25(14-18)35-17-34-24)32-12-10-31(11-13-32)22-7-2-1-6-21(22)28/h1-9,14-15,23H,10-13,16-17H2,(H2,29,30,33)/t23-/m1/s1. The summed E-state index contributed by atoms with van der Waals surface area (Å²) in [5, 5.41) is 6.36. The lowest BCUT2D eigenvalue weighted by Gasteiger charge is -2.40. The molecule has 0 unspecified atom stereocenters. The molecule has 0 aliphatic carbocycles. The number of benzene rings is 3. The van der Waals surface area contributed by atoms with Gasteiger partial charge in [-0.1, -0.05) is 35.9 Å². The first-order valence-corrected chi connectivity index (χ1v) is 11.9. The van der Waals surface area contributed by atoms with Gasteiger partial charge in [0.1, 0.15) is 5.82 Å². The number of fused-ring (bicyclic) bond motifs is 1. The molecule has 0 saturated carbocycles. The average Bonchev–Trinajstić information content (AvgIpc) is 3.33. The van der Waals surface area contributed by atoms with E-state index >= 15 is 0 Å². The summed E-state index contributed by atoms with van der Waals surface area (Å²) in [5.74, 6) is 1.19. The lowest BCUT2D eigenvalue weighted by Crippen LogP contribution is -2.50. The van der Waals surface area contributed by atoms with Gasteiger partial charge >= 0.3 is 6.03 Å². The topological polar surface area (TPSA) is 66.1 Å². The second-order valence-electron chi connectivity index (χ2n) is 8.45. The smallest absolute Gasteiger partial charge is 0.319 e. The van der Waals surface area contributed by atoms with Gasteiger partial charge in [0, 0.05) is 43.4 Å². The molecule has 2 heterocycles. The highest BCUT2D eigenvalue weighted by atomic mass is 35.5. The number of anilines is 2. The molecule has 1 fully saturated rings. The van der Waals surface area contributed by atoms with Crippen LogP contribution in [0.2, 0.25) is 5.02 Å². The number of rotatable bonds is 6. The summed E-state index contributed by atoms with van der Waals surface area (Å²) in [7, 11) is 0. The molecule has 5 rings (SSSR count). The number of para-hydroxylation sites is 1. The maximum absolute atomic E-state index is 14.3. The summed E-state index contributed by atoms with van der Waals surface area (Å²) in [6, 6.07) is 19.3. The van der Waals surface area contributed by atoms with E-state index in [1.54, 1.807) is 30.3 Å². The molecule has 7 nitrogen and oxygen atoms in total. The van der Waals surface area contributed by atoms with E-state index in [2.05, 4.69) is 20.4 Å². The zero-order chi connectivity index (χ0) is 24.2. The minimum Gasteiger partial charge on any atom is -0.454 e. The van der Waals surface area contributed by atoms with Crippen LogP contribution in [-0.2, 0) is 0 Å². The molecule has 2 aliphatic rings. The summed E-state index contributed by atoms with van der Waals surface area (Å²) in [4.78, 5) is 17.0. The van der Waals surface area contributed by atoms with Gasteiger partial charge in [-0.3, -0.25) is 4.90 Å². The fourth-order valence-electron chi connectivity index (χ4n) is 4.49. The largest absolute Gasteiger partial charge is 0.454 e. The Morgan fingerprint density at radius 1 is 0.971 bits per heavy atom. The Hall–Kier alpha value is -3.49. The molecule has 0 radical (unpaired) electrons. The highest BCUT2D eigenvalue weighted by Crippen LogP contribution is 2.36. The van der Waals surface area contributed by atoms with Crippen molar-refractivity contribution in [3.8, 4) is 11.5 Å². The number of halogens is 2. The first kappa shape index (κ1) is 23.3. The third-order valence-corrected chi connectivity index (χ3v) is 6.50. The van der Waals surface area contributed by atoms with Crippen molar-refractivity contribution in [2.45, 2.75) is 6.04 Å². The van der Waals surface area contributed by atoms with Crippen molar-refractivity contribution in [2.75, 3.05) is 49.7 Å². The predicted octanol–water partition coefficient (Wildman–Crippen LogP) is 4.89. The van der Waals surface area contributed by atoms with Crippen LogP contribution >= 0.6 is 11.6 Å². The number of nitrogens with zero attached hydrogens (tertiary/aromatic N) is 2. The van der Waals surface area contributed by atoms with Crippen LogP contribution in [0.3, 0.4) is 0 Å². The predicted molar refractivity (Wildman–Crippen MR) is 134 cm³/mol. The Morgan fingerprint density at radius 3 is 2.57 bits per heavy atom. The second kappa shape index (κ2) is 10.4. The van der Waals surface area contributed by atoms with Gasteiger partial charge in [-0.05, 0) is 48.0 Å².